The summed E-state index contributed by atoms with van der Waals surface area (Å²) in [7, 11) is 0. The van der Waals surface area contributed by atoms with Gasteiger partial charge in [0.15, 0.2) is 0 Å². The summed E-state index contributed by atoms with van der Waals surface area (Å²) in [4.78, 5) is 1.57. The van der Waals surface area contributed by atoms with Crippen LogP contribution in [-0.2, 0) is 5.41 Å². The molecule has 1 aromatic rings. The van der Waals surface area contributed by atoms with Gasteiger partial charge in [-0.15, -0.1) is 11.3 Å². The van der Waals surface area contributed by atoms with E-state index < -0.39 is 0 Å². The second-order valence-corrected chi connectivity index (χ2v) is 12.0. The van der Waals surface area contributed by atoms with Crippen molar-refractivity contribution in [1.29, 1.82) is 0 Å². The average molecular weight is 377 g/mol. The lowest BCUT2D eigenvalue weighted by Gasteiger charge is -2.39. The highest BCUT2D eigenvalue weighted by Crippen LogP contribution is 2.50. The lowest BCUT2D eigenvalue weighted by molar-refractivity contribution is 0.118. The van der Waals surface area contributed by atoms with Gasteiger partial charge in [0, 0.05) is 4.88 Å². The molecule has 0 radical (unpaired) electrons. The van der Waals surface area contributed by atoms with Crippen LogP contribution >= 0.6 is 11.3 Å². The molecular formula is C25H44S. The lowest BCUT2D eigenvalue weighted by Crippen LogP contribution is -2.29. The van der Waals surface area contributed by atoms with Crippen LogP contribution in [0.15, 0.2) is 17.5 Å². The normalized spacial score (nSPS) is 24.2. The van der Waals surface area contributed by atoms with Crippen molar-refractivity contribution in [3.63, 3.8) is 0 Å². The van der Waals surface area contributed by atoms with E-state index >= 15 is 0 Å². The SMILES string of the molecule is CCC(C)(CCC(C)(C)C1CCC(CC(C)(C)c2cccs2)C1)C(C)C. The molecule has 0 spiro atoms. The van der Waals surface area contributed by atoms with Crippen LogP contribution in [0.25, 0.3) is 0 Å². The molecule has 3 unspecified atom stereocenters. The van der Waals surface area contributed by atoms with E-state index in [0.717, 1.165) is 17.8 Å². The van der Waals surface area contributed by atoms with E-state index in [4.69, 9.17) is 0 Å². The zero-order valence-corrected chi connectivity index (χ0v) is 19.6. The van der Waals surface area contributed by atoms with Crippen LogP contribution in [0.4, 0.5) is 0 Å². The minimum atomic E-state index is 0.344. The maximum Gasteiger partial charge on any atom is 0.0102 e. The van der Waals surface area contributed by atoms with Gasteiger partial charge in [-0.1, -0.05) is 74.3 Å². The molecule has 26 heavy (non-hydrogen) atoms. The second kappa shape index (κ2) is 8.38. The Morgan fingerprint density at radius 3 is 2.31 bits per heavy atom. The Morgan fingerprint density at radius 2 is 1.77 bits per heavy atom. The summed E-state index contributed by atoms with van der Waals surface area (Å²) >= 11 is 1.94. The van der Waals surface area contributed by atoms with Crippen LogP contribution in [0.1, 0.15) is 105 Å². The summed E-state index contributed by atoms with van der Waals surface area (Å²) in [6.07, 6.45) is 9.78. The monoisotopic (exact) mass is 376 g/mol. The Hall–Kier alpha value is -0.300. The predicted octanol–water partition coefficient (Wildman–Crippen LogP) is 8.71. The van der Waals surface area contributed by atoms with Crippen molar-refractivity contribution in [2.75, 3.05) is 0 Å². The summed E-state index contributed by atoms with van der Waals surface area (Å²) < 4.78 is 0. The summed E-state index contributed by atoms with van der Waals surface area (Å²) in [5, 5.41) is 2.23. The highest BCUT2D eigenvalue weighted by atomic mass is 32.1. The van der Waals surface area contributed by atoms with Crippen LogP contribution in [-0.4, -0.2) is 0 Å². The largest absolute Gasteiger partial charge is 0.148 e. The molecule has 0 aromatic carbocycles. The molecule has 3 atom stereocenters. The molecule has 0 bridgehead atoms. The van der Waals surface area contributed by atoms with E-state index in [9.17, 15) is 0 Å². The van der Waals surface area contributed by atoms with Crippen LogP contribution in [0.5, 0.6) is 0 Å². The highest BCUT2D eigenvalue weighted by Gasteiger charge is 2.39. The van der Waals surface area contributed by atoms with Gasteiger partial charge in [-0.05, 0) is 77.5 Å². The van der Waals surface area contributed by atoms with Crippen molar-refractivity contribution in [3.8, 4) is 0 Å². The number of hydrogen-bond donors (Lipinski definition) is 0. The first-order valence-electron chi connectivity index (χ1n) is 11.0. The van der Waals surface area contributed by atoms with E-state index in [2.05, 4.69) is 72.9 Å². The first-order chi connectivity index (χ1) is 12.0. The zero-order valence-electron chi connectivity index (χ0n) is 18.8. The maximum atomic E-state index is 2.56. The molecule has 1 heteroatoms. The Balaban J connectivity index is 1.92. The van der Waals surface area contributed by atoms with Crippen LogP contribution in [0, 0.1) is 28.6 Å². The standard InChI is InChI=1S/C25H44S/c1-9-25(8,19(2)3)15-14-23(4,5)21-13-12-20(17-21)18-24(6,7)22-11-10-16-26-22/h10-11,16,19-21H,9,12-15,17-18H2,1-8H3. The van der Waals surface area contributed by atoms with Gasteiger partial charge in [-0.2, -0.15) is 0 Å². The van der Waals surface area contributed by atoms with Gasteiger partial charge >= 0.3 is 0 Å². The minimum Gasteiger partial charge on any atom is -0.148 e. The fourth-order valence-electron chi connectivity index (χ4n) is 5.14. The number of rotatable bonds is 9. The Morgan fingerprint density at radius 1 is 1.08 bits per heavy atom. The Bertz CT molecular complexity index is 537. The molecule has 2 rings (SSSR count). The molecule has 1 aliphatic rings. The zero-order chi connectivity index (χ0) is 19.6. The van der Waals surface area contributed by atoms with Gasteiger partial charge < -0.3 is 0 Å². The summed E-state index contributed by atoms with van der Waals surface area (Å²) in [5.41, 5.74) is 1.35. The maximum absolute atomic E-state index is 2.56. The molecule has 0 amide bonds. The smallest absolute Gasteiger partial charge is 0.0102 e. The molecule has 1 aromatic heterocycles. The molecule has 0 nitrogen and oxygen atoms in total. The van der Waals surface area contributed by atoms with Gasteiger partial charge in [0.1, 0.15) is 0 Å². The third-order valence-electron chi connectivity index (χ3n) is 8.18. The molecule has 150 valence electrons. The van der Waals surface area contributed by atoms with Crippen molar-refractivity contribution >= 4 is 11.3 Å². The molecule has 0 saturated heterocycles. The molecule has 1 saturated carbocycles. The van der Waals surface area contributed by atoms with Gasteiger partial charge in [0.05, 0.1) is 0 Å². The van der Waals surface area contributed by atoms with E-state index in [-0.39, 0.29) is 0 Å². The topological polar surface area (TPSA) is 0 Å². The van der Waals surface area contributed by atoms with Crippen LogP contribution < -0.4 is 0 Å². The molecule has 0 N–H and O–H groups in total. The Labute approximate surface area is 168 Å². The number of thiophene rings is 1. The molecule has 1 aliphatic carbocycles. The quantitative estimate of drug-likeness (QED) is 0.404. The third-order valence-corrected chi connectivity index (χ3v) is 9.41. The van der Waals surface area contributed by atoms with E-state index in [1.807, 2.05) is 11.3 Å². The van der Waals surface area contributed by atoms with Crippen molar-refractivity contribution < 1.29 is 0 Å². The van der Waals surface area contributed by atoms with Gasteiger partial charge in [-0.3, -0.25) is 0 Å². The first kappa shape index (κ1) is 22.0. The molecule has 1 heterocycles. The van der Waals surface area contributed by atoms with Crippen molar-refractivity contribution in [2.24, 2.45) is 28.6 Å². The molecule has 0 aliphatic heterocycles. The average Bonchev–Trinajstić information content (AvgIpc) is 3.24. The van der Waals surface area contributed by atoms with Gasteiger partial charge in [0.25, 0.3) is 0 Å². The minimum absolute atomic E-state index is 0.344. The summed E-state index contributed by atoms with van der Waals surface area (Å²) in [6.45, 7) is 19.7. The molecule has 1 fully saturated rings. The third kappa shape index (κ3) is 5.15. The van der Waals surface area contributed by atoms with Crippen LogP contribution in [0.2, 0.25) is 0 Å². The highest BCUT2D eigenvalue weighted by molar-refractivity contribution is 7.10. The van der Waals surface area contributed by atoms with Crippen molar-refractivity contribution in [1.82, 2.24) is 0 Å². The second-order valence-electron chi connectivity index (χ2n) is 11.1. The predicted molar refractivity (Wildman–Crippen MR) is 119 cm³/mol. The van der Waals surface area contributed by atoms with E-state index in [1.54, 1.807) is 4.88 Å². The van der Waals surface area contributed by atoms with Crippen LogP contribution in [0.3, 0.4) is 0 Å². The summed E-state index contributed by atoms with van der Waals surface area (Å²) in [5.74, 6) is 2.62. The van der Waals surface area contributed by atoms with Gasteiger partial charge in [0.2, 0.25) is 0 Å². The Kier molecular flexibility index (Phi) is 7.08. The van der Waals surface area contributed by atoms with E-state index in [0.29, 0.717) is 16.2 Å². The van der Waals surface area contributed by atoms with E-state index in [1.165, 1.54) is 44.9 Å². The first-order valence-corrected chi connectivity index (χ1v) is 11.9. The molecular weight excluding hydrogens is 332 g/mol. The van der Waals surface area contributed by atoms with Gasteiger partial charge in [-0.25, -0.2) is 0 Å². The lowest BCUT2D eigenvalue weighted by atomic mass is 9.66. The van der Waals surface area contributed by atoms with Crippen molar-refractivity contribution in [2.45, 2.75) is 106 Å². The fourth-order valence-corrected chi connectivity index (χ4v) is 6.00. The number of hydrogen-bond acceptors (Lipinski definition) is 1. The fraction of sp³-hybridized carbons (Fsp3) is 0.840. The summed E-state index contributed by atoms with van der Waals surface area (Å²) in [6, 6.07) is 4.54. The van der Waals surface area contributed by atoms with Crippen molar-refractivity contribution in [3.05, 3.63) is 22.4 Å².